The van der Waals surface area contributed by atoms with E-state index in [4.69, 9.17) is 0 Å². The Morgan fingerprint density at radius 2 is 1.70 bits per heavy atom. The molecule has 0 saturated heterocycles. The summed E-state index contributed by atoms with van der Waals surface area (Å²) < 4.78 is 29.2. The van der Waals surface area contributed by atoms with Gasteiger partial charge < -0.3 is 0 Å². The number of hydrogen-bond acceptors (Lipinski definition) is 4. The molecule has 3 aromatic rings. The molecule has 2 N–H and O–H groups in total. The number of fused-ring (bicyclic) bond motifs is 1. The van der Waals surface area contributed by atoms with E-state index in [9.17, 15) is 13.2 Å². The Morgan fingerprint density at radius 1 is 0.967 bits per heavy atom. The molecule has 0 saturated carbocycles. The van der Waals surface area contributed by atoms with Gasteiger partial charge in [-0.25, -0.2) is 13.5 Å². The maximum atomic E-state index is 13.2. The Bertz CT molecular complexity index is 1290. The standard InChI is InChI=1S/C23H25N3O3S/c1-14-7-6-10-20(16(14)3)26-30(28,29)21-13-17(12-11-15(21)2)22-18-8-4-5-9-19(18)23(27)25-24-22/h6-7,10-13,26H,4-5,8-9H2,1-3H3,(H,25,27). The fourth-order valence-electron chi connectivity index (χ4n) is 4.00. The number of sulfonamides is 1. The molecule has 2 aromatic carbocycles. The van der Waals surface area contributed by atoms with Crippen molar-refractivity contribution in [1.82, 2.24) is 10.2 Å². The number of aromatic nitrogens is 2. The number of nitrogens with one attached hydrogen (secondary N) is 2. The summed E-state index contributed by atoms with van der Waals surface area (Å²) in [6, 6.07) is 10.8. The summed E-state index contributed by atoms with van der Waals surface area (Å²) in [5.41, 5.74) is 6.03. The van der Waals surface area contributed by atoms with Crippen molar-refractivity contribution in [1.29, 1.82) is 0 Å². The first kappa shape index (κ1) is 20.3. The molecule has 1 aliphatic rings. The van der Waals surface area contributed by atoms with Gasteiger partial charge in [-0.05, 0) is 80.8 Å². The van der Waals surface area contributed by atoms with Gasteiger partial charge in [-0.2, -0.15) is 5.10 Å². The van der Waals surface area contributed by atoms with Crippen LogP contribution in [0.5, 0.6) is 0 Å². The van der Waals surface area contributed by atoms with Crippen LogP contribution in [0.15, 0.2) is 46.1 Å². The van der Waals surface area contributed by atoms with Gasteiger partial charge in [0.1, 0.15) is 0 Å². The van der Waals surface area contributed by atoms with Crippen LogP contribution in [0.25, 0.3) is 11.3 Å². The lowest BCUT2D eigenvalue weighted by Crippen LogP contribution is -2.21. The fourth-order valence-corrected chi connectivity index (χ4v) is 5.39. The number of nitrogens with zero attached hydrogens (tertiary/aromatic N) is 1. The van der Waals surface area contributed by atoms with E-state index >= 15 is 0 Å². The second-order valence-corrected chi connectivity index (χ2v) is 9.55. The SMILES string of the molecule is Cc1ccc(-c2n[nH]c(=O)c3c2CCCC3)cc1S(=O)(=O)Nc1cccc(C)c1C. The second-order valence-electron chi connectivity index (χ2n) is 7.90. The van der Waals surface area contributed by atoms with Crippen LogP contribution < -0.4 is 10.3 Å². The zero-order chi connectivity index (χ0) is 21.5. The van der Waals surface area contributed by atoms with Gasteiger partial charge >= 0.3 is 0 Å². The molecule has 0 aliphatic heterocycles. The Labute approximate surface area is 176 Å². The van der Waals surface area contributed by atoms with E-state index in [0.717, 1.165) is 47.9 Å². The van der Waals surface area contributed by atoms with Crippen molar-refractivity contribution >= 4 is 15.7 Å². The number of anilines is 1. The summed E-state index contributed by atoms with van der Waals surface area (Å²) >= 11 is 0. The molecular weight excluding hydrogens is 398 g/mol. The first-order chi connectivity index (χ1) is 14.3. The van der Waals surface area contributed by atoms with Crippen molar-refractivity contribution in [3.63, 3.8) is 0 Å². The van der Waals surface area contributed by atoms with Crippen molar-refractivity contribution < 1.29 is 8.42 Å². The molecule has 156 valence electrons. The number of benzene rings is 2. The largest absolute Gasteiger partial charge is 0.279 e. The Morgan fingerprint density at radius 3 is 2.47 bits per heavy atom. The fraction of sp³-hybridized carbons (Fsp3) is 0.304. The van der Waals surface area contributed by atoms with Crippen LogP contribution in [0, 0.1) is 20.8 Å². The molecule has 4 rings (SSSR count). The van der Waals surface area contributed by atoms with Crippen LogP contribution in [-0.2, 0) is 22.9 Å². The minimum atomic E-state index is -3.79. The predicted molar refractivity (Wildman–Crippen MR) is 118 cm³/mol. The van der Waals surface area contributed by atoms with Gasteiger partial charge in [0.2, 0.25) is 0 Å². The molecule has 30 heavy (non-hydrogen) atoms. The molecule has 0 amide bonds. The van der Waals surface area contributed by atoms with Gasteiger partial charge in [0.05, 0.1) is 16.3 Å². The average molecular weight is 424 g/mol. The van der Waals surface area contributed by atoms with Gasteiger partial charge in [0.15, 0.2) is 0 Å². The molecular formula is C23H25N3O3S. The Kier molecular flexibility index (Phi) is 5.24. The Balaban J connectivity index is 1.80. The maximum absolute atomic E-state index is 13.2. The van der Waals surface area contributed by atoms with Gasteiger partial charge in [0.25, 0.3) is 15.6 Å². The van der Waals surface area contributed by atoms with Crippen LogP contribution in [0.4, 0.5) is 5.69 Å². The minimum absolute atomic E-state index is 0.148. The monoisotopic (exact) mass is 423 g/mol. The molecule has 0 radical (unpaired) electrons. The smallest absolute Gasteiger partial charge is 0.267 e. The number of aryl methyl sites for hydroxylation is 2. The second kappa shape index (κ2) is 7.72. The molecule has 1 aliphatic carbocycles. The van der Waals surface area contributed by atoms with Crippen molar-refractivity contribution in [2.24, 2.45) is 0 Å². The highest BCUT2D eigenvalue weighted by Gasteiger charge is 2.22. The molecule has 6 nitrogen and oxygen atoms in total. The van der Waals surface area contributed by atoms with Gasteiger partial charge in [-0.15, -0.1) is 0 Å². The van der Waals surface area contributed by atoms with Crippen LogP contribution in [0.1, 0.15) is 40.7 Å². The predicted octanol–water partition coefficient (Wildman–Crippen LogP) is 4.04. The number of H-pyrrole nitrogens is 1. The highest BCUT2D eigenvalue weighted by molar-refractivity contribution is 7.92. The van der Waals surface area contributed by atoms with Crippen LogP contribution in [0.3, 0.4) is 0 Å². The van der Waals surface area contributed by atoms with E-state index in [0.29, 0.717) is 22.5 Å². The lowest BCUT2D eigenvalue weighted by atomic mass is 9.90. The van der Waals surface area contributed by atoms with Crippen LogP contribution >= 0.6 is 0 Å². The van der Waals surface area contributed by atoms with E-state index in [-0.39, 0.29) is 10.5 Å². The summed E-state index contributed by atoms with van der Waals surface area (Å²) in [5, 5.41) is 6.85. The van der Waals surface area contributed by atoms with Crippen molar-refractivity contribution in [3.05, 3.63) is 74.6 Å². The van der Waals surface area contributed by atoms with Gasteiger partial charge in [-0.1, -0.05) is 24.3 Å². The topological polar surface area (TPSA) is 91.9 Å². The van der Waals surface area contributed by atoms with Crippen LogP contribution in [-0.4, -0.2) is 18.6 Å². The number of hydrogen-bond donors (Lipinski definition) is 2. The van der Waals surface area contributed by atoms with Gasteiger partial charge in [0, 0.05) is 11.1 Å². The summed E-state index contributed by atoms with van der Waals surface area (Å²) in [5.74, 6) is 0. The van der Waals surface area contributed by atoms with Crippen molar-refractivity contribution in [2.75, 3.05) is 4.72 Å². The summed E-state index contributed by atoms with van der Waals surface area (Å²) in [6.45, 7) is 5.62. The van der Waals surface area contributed by atoms with E-state index in [2.05, 4.69) is 14.9 Å². The van der Waals surface area contributed by atoms with E-state index in [1.54, 1.807) is 25.1 Å². The molecule has 7 heteroatoms. The lowest BCUT2D eigenvalue weighted by Gasteiger charge is -2.18. The Hall–Kier alpha value is -2.93. The molecule has 0 fully saturated rings. The molecule has 0 atom stereocenters. The summed E-state index contributed by atoms with van der Waals surface area (Å²) in [4.78, 5) is 12.4. The highest BCUT2D eigenvalue weighted by atomic mass is 32.2. The van der Waals surface area contributed by atoms with E-state index in [1.807, 2.05) is 32.0 Å². The maximum Gasteiger partial charge on any atom is 0.267 e. The summed E-state index contributed by atoms with van der Waals surface area (Å²) in [6.07, 6.45) is 3.48. The molecule has 0 bridgehead atoms. The third-order valence-electron chi connectivity index (χ3n) is 5.90. The quantitative estimate of drug-likeness (QED) is 0.662. The first-order valence-corrected chi connectivity index (χ1v) is 11.6. The molecule has 0 spiro atoms. The third kappa shape index (κ3) is 3.65. The zero-order valence-corrected chi connectivity index (χ0v) is 18.2. The lowest BCUT2D eigenvalue weighted by molar-refractivity contribution is 0.600. The third-order valence-corrected chi connectivity index (χ3v) is 7.40. The number of aromatic amines is 1. The normalized spacial score (nSPS) is 13.7. The van der Waals surface area contributed by atoms with Crippen molar-refractivity contribution in [3.8, 4) is 11.3 Å². The van der Waals surface area contributed by atoms with Gasteiger partial charge in [-0.3, -0.25) is 9.52 Å². The van der Waals surface area contributed by atoms with Crippen LogP contribution in [0.2, 0.25) is 0 Å². The molecule has 0 unspecified atom stereocenters. The summed E-state index contributed by atoms with van der Waals surface area (Å²) in [7, 11) is -3.79. The minimum Gasteiger partial charge on any atom is -0.279 e. The molecule has 1 aromatic heterocycles. The average Bonchev–Trinajstić information content (AvgIpc) is 2.72. The number of rotatable bonds is 4. The highest BCUT2D eigenvalue weighted by Crippen LogP contribution is 2.31. The van der Waals surface area contributed by atoms with E-state index < -0.39 is 10.0 Å². The van der Waals surface area contributed by atoms with Crippen molar-refractivity contribution in [2.45, 2.75) is 51.3 Å². The van der Waals surface area contributed by atoms with E-state index in [1.165, 1.54) is 0 Å². The zero-order valence-electron chi connectivity index (χ0n) is 17.4. The molecule has 1 heterocycles. The first-order valence-electron chi connectivity index (χ1n) is 10.1.